The fourth-order valence-electron chi connectivity index (χ4n) is 3.02. The van der Waals surface area contributed by atoms with Crippen molar-refractivity contribution in [2.24, 2.45) is 5.92 Å². The third kappa shape index (κ3) is 3.09. The molecule has 1 aliphatic rings. The second kappa shape index (κ2) is 6.74. The number of anilines is 1. The molecule has 0 aliphatic carbocycles. The van der Waals surface area contributed by atoms with Gasteiger partial charge in [0.1, 0.15) is 0 Å². The molecule has 0 radical (unpaired) electrons. The summed E-state index contributed by atoms with van der Waals surface area (Å²) in [5.41, 5.74) is 2.02. The Morgan fingerprint density at radius 2 is 1.95 bits per heavy atom. The molecule has 0 saturated heterocycles. The molecule has 0 fully saturated rings. The zero-order valence-corrected chi connectivity index (χ0v) is 13.0. The molecule has 1 aliphatic heterocycles. The van der Waals surface area contributed by atoms with Gasteiger partial charge in [-0.3, -0.25) is 9.59 Å². The average Bonchev–Trinajstić information content (AvgIpc) is 2.87. The van der Waals surface area contributed by atoms with Crippen molar-refractivity contribution >= 4 is 17.6 Å². The quantitative estimate of drug-likeness (QED) is 0.782. The number of carbonyl (C=O) groups is 2. The molecule has 2 rings (SSSR count). The van der Waals surface area contributed by atoms with Crippen molar-refractivity contribution in [3.63, 3.8) is 0 Å². The highest BCUT2D eigenvalue weighted by molar-refractivity contribution is 5.97. The van der Waals surface area contributed by atoms with Crippen molar-refractivity contribution in [2.45, 2.75) is 39.0 Å². The van der Waals surface area contributed by atoms with E-state index in [1.54, 1.807) is 0 Å². The number of nitrogens with zero attached hydrogens (tertiary/aromatic N) is 1. The first kappa shape index (κ1) is 15.5. The molecule has 4 heteroatoms. The largest absolute Gasteiger partial charge is 0.469 e. The van der Waals surface area contributed by atoms with Crippen LogP contribution in [0.1, 0.15) is 44.6 Å². The average molecular weight is 289 g/mol. The molecule has 1 atom stereocenters. The van der Waals surface area contributed by atoms with E-state index in [0.29, 0.717) is 13.0 Å². The van der Waals surface area contributed by atoms with E-state index in [1.165, 1.54) is 7.11 Å². The minimum atomic E-state index is -0.230. The van der Waals surface area contributed by atoms with Gasteiger partial charge in [0.05, 0.1) is 13.5 Å². The molecular weight excluding hydrogens is 266 g/mol. The number of methoxy groups -OCH3 is 1. The van der Waals surface area contributed by atoms with Crippen LogP contribution in [0.2, 0.25) is 0 Å². The first-order valence-corrected chi connectivity index (χ1v) is 7.59. The van der Waals surface area contributed by atoms with E-state index in [2.05, 4.69) is 0 Å². The fourth-order valence-corrected chi connectivity index (χ4v) is 3.02. The van der Waals surface area contributed by atoms with Crippen molar-refractivity contribution < 1.29 is 14.3 Å². The molecular formula is C17H23NO3. The van der Waals surface area contributed by atoms with E-state index in [-0.39, 0.29) is 23.7 Å². The number of hydrogen-bond acceptors (Lipinski definition) is 3. The standard InChI is InChI=1S/C17H23NO3/c1-4-12(5-2)17(20)18-11-13(10-16(19)21-3)14-8-6-7-9-15(14)18/h6-9,12-13H,4-5,10-11H2,1-3H3. The lowest BCUT2D eigenvalue weighted by atomic mass is 9.98. The van der Waals surface area contributed by atoms with Crippen molar-refractivity contribution in [3.05, 3.63) is 29.8 Å². The maximum atomic E-state index is 12.7. The summed E-state index contributed by atoms with van der Waals surface area (Å²) < 4.78 is 4.77. The minimum Gasteiger partial charge on any atom is -0.469 e. The van der Waals surface area contributed by atoms with Crippen LogP contribution >= 0.6 is 0 Å². The van der Waals surface area contributed by atoms with Gasteiger partial charge < -0.3 is 9.64 Å². The van der Waals surface area contributed by atoms with Gasteiger partial charge in [-0.15, -0.1) is 0 Å². The molecule has 1 heterocycles. The molecule has 114 valence electrons. The van der Waals surface area contributed by atoms with Gasteiger partial charge in [0.15, 0.2) is 0 Å². The molecule has 0 bridgehead atoms. The van der Waals surface area contributed by atoms with E-state index in [0.717, 1.165) is 24.1 Å². The van der Waals surface area contributed by atoms with Crippen LogP contribution in [0.5, 0.6) is 0 Å². The summed E-state index contributed by atoms with van der Waals surface area (Å²) in [5, 5.41) is 0. The molecule has 1 aromatic carbocycles. The van der Waals surface area contributed by atoms with Crippen LogP contribution in [0.25, 0.3) is 0 Å². The second-order valence-electron chi connectivity index (χ2n) is 5.50. The number of amides is 1. The summed E-state index contributed by atoms with van der Waals surface area (Å²) in [7, 11) is 1.40. The summed E-state index contributed by atoms with van der Waals surface area (Å²) in [6.07, 6.45) is 2.01. The van der Waals surface area contributed by atoms with Gasteiger partial charge in [-0.1, -0.05) is 32.0 Å². The van der Waals surface area contributed by atoms with Crippen LogP contribution in [0.15, 0.2) is 24.3 Å². The van der Waals surface area contributed by atoms with Gasteiger partial charge in [-0.25, -0.2) is 0 Å². The third-order valence-electron chi connectivity index (χ3n) is 4.31. The zero-order valence-electron chi connectivity index (χ0n) is 13.0. The van der Waals surface area contributed by atoms with Crippen LogP contribution in [0.3, 0.4) is 0 Å². The van der Waals surface area contributed by atoms with E-state index < -0.39 is 0 Å². The van der Waals surface area contributed by atoms with Gasteiger partial charge in [0, 0.05) is 24.1 Å². The number of para-hydroxylation sites is 1. The third-order valence-corrected chi connectivity index (χ3v) is 4.31. The van der Waals surface area contributed by atoms with Gasteiger partial charge >= 0.3 is 5.97 Å². The van der Waals surface area contributed by atoms with Gasteiger partial charge in [0.25, 0.3) is 0 Å². The Kier molecular flexibility index (Phi) is 4.99. The first-order valence-electron chi connectivity index (χ1n) is 7.59. The van der Waals surface area contributed by atoms with Crippen molar-refractivity contribution in [3.8, 4) is 0 Å². The summed E-state index contributed by atoms with van der Waals surface area (Å²) in [6, 6.07) is 7.86. The van der Waals surface area contributed by atoms with Crippen molar-refractivity contribution in [2.75, 3.05) is 18.6 Å². The maximum absolute atomic E-state index is 12.7. The number of esters is 1. The Morgan fingerprint density at radius 3 is 2.57 bits per heavy atom. The lowest BCUT2D eigenvalue weighted by molar-refractivity contribution is -0.141. The summed E-state index contributed by atoms with van der Waals surface area (Å²) in [6.45, 7) is 4.66. The molecule has 0 spiro atoms. The van der Waals surface area contributed by atoms with Crippen LogP contribution in [0, 0.1) is 5.92 Å². The second-order valence-corrected chi connectivity index (χ2v) is 5.50. The monoisotopic (exact) mass is 289 g/mol. The molecule has 1 unspecified atom stereocenters. The molecule has 0 N–H and O–H groups in total. The summed E-state index contributed by atoms with van der Waals surface area (Å²) in [4.78, 5) is 26.1. The Hall–Kier alpha value is -1.84. The molecule has 0 aromatic heterocycles. The predicted octanol–water partition coefficient (Wildman–Crippen LogP) is 3.12. The Balaban J connectivity index is 2.26. The van der Waals surface area contributed by atoms with Gasteiger partial charge in [-0.2, -0.15) is 0 Å². The highest BCUT2D eigenvalue weighted by Gasteiger charge is 2.35. The number of rotatable bonds is 5. The molecule has 0 saturated carbocycles. The molecule has 4 nitrogen and oxygen atoms in total. The topological polar surface area (TPSA) is 46.6 Å². The van der Waals surface area contributed by atoms with Gasteiger partial charge in [0.2, 0.25) is 5.91 Å². The van der Waals surface area contributed by atoms with Gasteiger partial charge in [-0.05, 0) is 24.5 Å². The fraction of sp³-hybridized carbons (Fsp3) is 0.529. The summed E-state index contributed by atoms with van der Waals surface area (Å²) in [5.74, 6) is 0.0216. The molecule has 1 amide bonds. The first-order chi connectivity index (χ1) is 10.1. The minimum absolute atomic E-state index is 0.0342. The highest BCUT2D eigenvalue weighted by atomic mass is 16.5. The number of ether oxygens (including phenoxy) is 1. The van der Waals surface area contributed by atoms with E-state index in [9.17, 15) is 9.59 Å². The molecule has 21 heavy (non-hydrogen) atoms. The lowest BCUT2D eigenvalue weighted by Crippen LogP contribution is -2.35. The lowest BCUT2D eigenvalue weighted by Gasteiger charge is -2.22. The highest BCUT2D eigenvalue weighted by Crippen LogP contribution is 2.39. The van der Waals surface area contributed by atoms with E-state index >= 15 is 0 Å². The van der Waals surface area contributed by atoms with Crippen LogP contribution in [-0.2, 0) is 14.3 Å². The zero-order chi connectivity index (χ0) is 15.4. The van der Waals surface area contributed by atoms with E-state index in [4.69, 9.17) is 4.74 Å². The smallest absolute Gasteiger partial charge is 0.306 e. The number of fused-ring (bicyclic) bond motifs is 1. The SMILES string of the molecule is CCC(CC)C(=O)N1CC(CC(=O)OC)c2ccccc21. The number of hydrogen-bond donors (Lipinski definition) is 0. The van der Waals surface area contributed by atoms with Crippen molar-refractivity contribution in [1.82, 2.24) is 0 Å². The van der Waals surface area contributed by atoms with Crippen LogP contribution < -0.4 is 4.90 Å². The Bertz CT molecular complexity index is 523. The maximum Gasteiger partial charge on any atom is 0.306 e. The normalized spacial score (nSPS) is 17.0. The van der Waals surface area contributed by atoms with Crippen molar-refractivity contribution in [1.29, 1.82) is 0 Å². The Labute approximate surface area is 126 Å². The molecule has 1 aromatic rings. The predicted molar refractivity (Wildman–Crippen MR) is 82.2 cm³/mol. The summed E-state index contributed by atoms with van der Waals surface area (Å²) >= 11 is 0. The number of benzene rings is 1. The van der Waals surface area contributed by atoms with E-state index in [1.807, 2.05) is 43.0 Å². The Morgan fingerprint density at radius 1 is 1.29 bits per heavy atom. The van der Waals surface area contributed by atoms with Crippen LogP contribution in [-0.4, -0.2) is 25.5 Å². The van der Waals surface area contributed by atoms with Crippen LogP contribution in [0.4, 0.5) is 5.69 Å². The number of carbonyl (C=O) groups excluding carboxylic acids is 2.